The number of aliphatic hydroxyl groups is 2. The first kappa shape index (κ1) is 33.6. The molecule has 0 saturated heterocycles. The second-order valence-electron chi connectivity index (χ2n) is 11.3. The van der Waals surface area contributed by atoms with Gasteiger partial charge < -0.3 is 20.7 Å². The molecule has 8 unspecified atom stereocenters. The van der Waals surface area contributed by atoms with E-state index in [-0.39, 0.29) is 35.4 Å². The zero-order chi connectivity index (χ0) is 28.8. The van der Waals surface area contributed by atoms with E-state index < -0.39 is 24.4 Å². The van der Waals surface area contributed by atoms with Gasteiger partial charge in [0.25, 0.3) is 0 Å². The maximum absolute atomic E-state index is 12.3. The number of amides is 1. The molecule has 0 aromatic heterocycles. The molecule has 0 saturated carbocycles. The van der Waals surface area contributed by atoms with E-state index in [0.29, 0.717) is 12.8 Å². The molecule has 0 aliphatic carbocycles. The minimum Gasteiger partial charge on any atom is -0.446 e. The van der Waals surface area contributed by atoms with Gasteiger partial charge in [0.15, 0.2) is 5.78 Å². The molecule has 6 heteroatoms. The summed E-state index contributed by atoms with van der Waals surface area (Å²) in [5, 5.41) is 21.9. The van der Waals surface area contributed by atoms with Crippen LogP contribution >= 0.6 is 0 Å². The number of nitrogens with two attached hydrogens (primary N) is 1. The Morgan fingerprint density at radius 1 is 0.974 bits per heavy atom. The van der Waals surface area contributed by atoms with Crippen molar-refractivity contribution in [2.75, 3.05) is 0 Å². The van der Waals surface area contributed by atoms with E-state index in [1.807, 2.05) is 78.0 Å². The number of hydrogen-bond acceptors (Lipinski definition) is 5. The molecule has 0 aliphatic heterocycles. The van der Waals surface area contributed by atoms with Gasteiger partial charge in [-0.1, -0.05) is 102 Å². The molecule has 4 N–H and O–H groups in total. The van der Waals surface area contributed by atoms with Crippen molar-refractivity contribution in [3.8, 4) is 0 Å². The Balaban J connectivity index is 2.72. The number of hydrogen-bond donors (Lipinski definition) is 3. The summed E-state index contributed by atoms with van der Waals surface area (Å²) in [7, 11) is 0. The van der Waals surface area contributed by atoms with E-state index in [2.05, 4.69) is 6.92 Å². The maximum atomic E-state index is 12.3. The lowest BCUT2D eigenvalue weighted by Crippen LogP contribution is -2.41. The van der Waals surface area contributed by atoms with E-state index in [0.717, 1.165) is 30.4 Å². The van der Waals surface area contributed by atoms with Gasteiger partial charge in [-0.2, -0.15) is 0 Å². The Labute approximate surface area is 230 Å². The van der Waals surface area contributed by atoms with Crippen LogP contribution in [0.4, 0.5) is 4.79 Å². The first-order valence-corrected chi connectivity index (χ1v) is 14.1. The predicted molar refractivity (Wildman–Crippen MR) is 154 cm³/mol. The predicted octanol–water partition coefficient (Wildman–Crippen LogP) is 6.25. The molecular formula is C32H51NO5. The van der Waals surface area contributed by atoms with Crippen LogP contribution in [-0.2, 0) is 16.0 Å². The highest BCUT2D eigenvalue weighted by Gasteiger charge is 2.34. The molecule has 1 aromatic carbocycles. The van der Waals surface area contributed by atoms with E-state index in [1.54, 1.807) is 12.2 Å². The highest BCUT2D eigenvalue weighted by molar-refractivity contribution is 5.91. The molecule has 1 rings (SSSR count). The Morgan fingerprint density at radius 2 is 1.61 bits per heavy atom. The van der Waals surface area contributed by atoms with Crippen LogP contribution in [0.2, 0.25) is 0 Å². The molecule has 0 bridgehead atoms. The molecular weight excluding hydrogens is 478 g/mol. The summed E-state index contributed by atoms with van der Waals surface area (Å²) in [5.41, 5.74) is 7.37. The van der Waals surface area contributed by atoms with Gasteiger partial charge in [0.1, 0.15) is 6.10 Å². The minimum atomic E-state index is -0.811. The number of allylic oxidation sites excluding steroid dienone is 2. The van der Waals surface area contributed by atoms with Gasteiger partial charge in [0.2, 0.25) is 0 Å². The maximum Gasteiger partial charge on any atom is 0.404 e. The van der Waals surface area contributed by atoms with Crippen LogP contribution in [0.15, 0.2) is 54.1 Å². The number of unbranched alkanes of at least 4 members (excludes halogenated alkanes) is 1. The Hall–Kier alpha value is -2.44. The van der Waals surface area contributed by atoms with Crippen molar-refractivity contribution in [3.05, 3.63) is 59.7 Å². The molecule has 1 aromatic rings. The van der Waals surface area contributed by atoms with Crippen molar-refractivity contribution in [1.29, 1.82) is 0 Å². The second kappa shape index (κ2) is 17.2. The van der Waals surface area contributed by atoms with Gasteiger partial charge in [-0.15, -0.1) is 0 Å². The summed E-state index contributed by atoms with van der Waals surface area (Å²) >= 11 is 0. The minimum absolute atomic E-state index is 0.00851. The summed E-state index contributed by atoms with van der Waals surface area (Å²) in [6, 6.07) is 9.60. The van der Waals surface area contributed by atoms with Crippen molar-refractivity contribution < 1.29 is 24.5 Å². The van der Waals surface area contributed by atoms with Gasteiger partial charge in [-0.05, 0) is 43.2 Å². The Kier molecular flexibility index (Phi) is 15.2. The second-order valence-corrected chi connectivity index (χ2v) is 11.3. The van der Waals surface area contributed by atoms with Crippen LogP contribution in [0, 0.1) is 29.6 Å². The van der Waals surface area contributed by atoms with Crippen LogP contribution in [-0.4, -0.2) is 40.4 Å². The summed E-state index contributed by atoms with van der Waals surface area (Å²) in [4.78, 5) is 23.8. The number of ether oxygens (including phenoxy) is 1. The molecule has 38 heavy (non-hydrogen) atoms. The SMILES string of the molecule is CCCCC(C)C(OC(N)=O)C(C)C(O)C(C)CC(C)=CC(C)C(O)C(C)C=CC(=O)Cc1ccccc1. The zero-order valence-corrected chi connectivity index (χ0v) is 24.5. The van der Waals surface area contributed by atoms with Crippen LogP contribution in [0.25, 0.3) is 0 Å². The average molecular weight is 530 g/mol. The van der Waals surface area contributed by atoms with E-state index >= 15 is 0 Å². The molecule has 8 atom stereocenters. The number of aliphatic hydroxyl groups excluding tert-OH is 2. The van der Waals surface area contributed by atoms with Crippen LogP contribution in [0.5, 0.6) is 0 Å². The van der Waals surface area contributed by atoms with Gasteiger partial charge in [0.05, 0.1) is 12.2 Å². The molecule has 0 heterocycles. The highest BCUT2D eigenvalue weighted by Crippen LogP contribution is 2.30. The molecule has 0 radical (unpaired) electrons. The number of primary amides is 1. The number of benzene rings is 1. The third-order valence-electron chi connectivity index (χ3n) is 7.54. The van der Waals surface area contributed by atoms with Crippen LogP contribution in [0.3, 0.4) is 0 Å². The van der Waals surface area contributed by atoms with E-state index in [4.69, 9.17) is 10.5 Å². The van der Waals surface area contributed by atoms with Crippen molar-refractivity contribution >= 4 is 11.9 Å². The lowest BCUT2D eigenvalue weighted by molar-refractivity contribution is -0.114. The Morgan fingerprint density at radius 3 is 2.18 bits per heavy atom. The van der Waals surface area contributed by atoms with Crippen molar-refractivity contribution in [2.45, 2.75) is 98.9 Å². The van der Waals surface area contributed by atoms with Gasteiger partial charge in [-0.3, -0.25) is 4.79 Å². The molecule has 0 spiro atoms. The molecule has 1 amide bonds. The molecule has 0 aliphatic rings. The topological polar surface area (TPSA) is 110 Å². The highest BCUT2D eigenvalue weighted by atomic mass is 16.6. The number of carbonyl (C=O) groups excluding carboxylic acids is 2. The number of ketones is 1. The van der Waals surface area contributed by atoms with Crippen molar-refractivity contribution in [2.24, 2.45) is 35.3 Å². The summed E-state index contributed by atoms with van der Waals surface area (Å²) in [5.74, 6) is -0.544. The summed E-state index contributed by atoms with van der Waals surface area (Å²) in [6.07, 6.45) is 6.77. The number of carbonyl (C=O) groups is 2. The molecule has 214 valence electrons. The number of rotatable bonds is 17. The fourth-order valence-corrected chi connectivity index (χ4v) is 5.23. The normalized spacial score (nSPS) is 18.7. The molecule has 6 nitrogen and oxygen atoms in total. The molecule has 0 fully saturated rings. The summed E-state index contributed by atoms with van der Waals surface area (Å²) < 4.78 is 5.44. The van der Waals surface area contributed by atoms with Crippen LogP contribution < -0.4 is 5.73 Å². The largest absolute Gasteiger partial charge is 0.446 e. The first-order valence-electron chi connectivity index (χ1n) is 14.1. The van der Waals surface area contributed by atoms with E-state index in [1.165, 1.54) is 0 Å². The van der Waals surface area contributed by atoms with Gasteiger partial charge in [-0.25, -0.2) is 4.79 Å². The third kappa shape index (κ3) is 12.0. The summed E-state index contributed by atoms with van der Waals surface area (Å²) in [6.45, 7) is 13.9. The third-order valence-corrected chi connectivity index (χ3v) is 7.54. The lowest BCUT2D eigenvalue weighted by atomic mass is 9.80. The monoisotopic (exact) mass is 529 g/mol. The van der Waals surface area contributed by atoms with Crippen molar-refractivity contribution in [1.82, 2.24) is 0 Å². The van der Waals surface area contributed by atoms with Gasteiger partial charge >= 0.3 is 6.09 Å². The zero-order valence-electron chi connectivity index (χ0n) is 24.5. The van der Waals surface area contributed by atoms with Crippen LogP contribution in [0.1, 0.15) is 79.7 Å². The fourth-order valence-electron chi connectivity index (χ4n) is 5.23. The lowest BCUT2D eigenvalue weighted by Gasteiger charge is -2.34. The Bertz CT molecular complexity index is 896. The first-order chi connectivity index (χ1) is 17.9. The standard InChI is InChI=1S/C32H51NO5/c1-8-9-13-23(4)31(38-32(33)37)26(7)30(36)25(6)19-21(2)18-24(5)29(35)22(3)16-17-28(34)20-27-14-11-10-12-15-27/h10-12,14-18,22-26,29-31,35-36H,8-9,13,19-20H2,1-7H3,(H2,33,37). The fraction of sp³-hybridized carbons (Fsp3) is 0.625. The quantitative estimate of drug-likeness (QED) is 0.163. The average Bonchev–Trinajstić information content (AvgIpc) is 2.87. The smallest absolute Gasteiger partial charge is 0.404 e. The van der Waals surface area contributed by atoms with E-state index in [9.17, 15) is 19.8 Å². The van der Waals surface area contributed by atoms with Gasteiger partial charge in [0, 0.05) is 24.2 Å². The van der Waals surface area contributed by atoms with Crippen molar-refractivity contribution in [3.63, 3.8) is 0 Å².